The van der Waals surface area contributed by atoms with Crippen molar-refractivity contribution in [3.63, 3.8) is 0 Å². The molecule has 730 valence electrons. The van der Waals surface area contributed by atoms with Crippen molar-refractivity contribution < 1.29 is 31.4 Å². The first-order valence-corrected chi connectivity index (χ1v) is 48.2. The van der Waals surface area contributed by atoms with Gasteiger partial charge in [0.2, 0.25) is 35.6 Å². The molecule has 0 bridgehead atoms. The Morgan fingerprint density at radius 1 is 0.308 bits per heavy atom. The van der Waals surface area contributed by atoms with Gasteiger partial charge >= 0.3 is 0 Å². The van der Waals surface area contributed by atoms with E-state index in [2.05, 4.69) is 61.0 Å². The molecule has 2 aliphatic heterocycles. The van der Waals surface area contributed by atoms with Crippen molar-refractivity contribution in [1.82, 2.24) is 73.8 Å². The van der Waals surface area contributed by atoms with Gasteiger partial charge in [0.15, 0.2) is 0 Å². The van der Waals surface area contributed by atoms with Crippen LogP contribution in [0.3, 0.4) is 0 Å². The number of hydrogen-bond donors (Lipinski definition) is 2. The van der Waals surface area contributed by atoms with Gasteiger partial charge in [-0.05, 0) is 200 Å². The third kappa shape index (κ3) is 22.5. The van der Waals surface area contributed by atoms with E-state index in [1.807, 2.05) is 83.8 Å². The summed E-state index contributed by atoms with van der Waals surface area (Å²) >= 11 is 29.7. The van der Waals surface area contributed by atoms with Gasteiger partial charge in [0.05, 0.1) is 114 Å². The highest BCUT2D eigenvalue weighted by molar-refractivity contribution is 6.32. The van der Waals surface area contributed by atoms with Crippen LogP contribution in [0.2, 0.25) is 25.1 Å². The number of rotatable bonds is 21. The minimum Gasteiger partial charge on any atom is -0.481 e. The molecule has 2 N–H and O–H groups in total. The van der Waals surface area contributed by atoms with Gasteiger partial charge in [0.1, 0.15) is 45.9 Å². The summed E-state index contributed by atoms with van der Waals surface area (Å²) in [6, 6.07) is 88.6. The number of benzene rings is 10. The lowest BCUT2D eigenvalue weighted by atomic mass is 10.1. The lowest BCUT2D eigenvalue weighted by Gasteiger charge is -2.32. The monoisotopic (exact) mass is 2050 g/mol. The molecule has 25 nitrogen and oxygen atoms in total. The van der Waals surface area contributed by atoms with Crippen molar-refractivity contribution in [1.29, 1.82) is 0 Å². The average Bonchev–Trinajstić information content (AvgIpc) is 1.11. The minimum absolute atomic E-state index is 0.137. The minimum atomic E-state index is -0.714. The number of hydrogen-bond acceptors (Lipinski definition) is 20. The van der Waals surface area contributed by atoms with E-state index >= 15 is 8.78 Å². The van der Waals surface area contributed by atoms with Crippen molar-refractivity contribution in [3.05, 3.63) is 443 Å². The van der Waals surface area contributed by atoms with Crippen molar-refractivity contribution in [3.8, 4) is 62.2 Å². The van der Waals surface area contributed by atoms with Crippen molar-refractivity contribution in [2.24, 2.45) is 0 Å². The first kappa shape index (κ1) is 98.7. The van der Waals surface area contributed by atoms with Gasteiger partial charge in [-0.3, -0.25) is 24.0 Å². The number of ether oxygens (including phenoxy) is 2. The molecule has 146 heavy (non-hydrogen) atoms. The number of aryl methyl sites for hydroxylation is 1. The molecule has 20 aromatic rings. The van der Waals surface area contributed by atoms with Gasteiger partial charge in [-0.25, -0.2) is 43.3 Å². The van der Waals surface area contributed by atoms with Crippen LogP contribution in [0, 0.1) is 36.7 Å². The number of pyridine rings is 5. The summed E-state index contributed by atoms with van der Waals surface area (Å²) in [5, 5.41) is 37.2. The summed E-state index contributed by atoms with van der Waals surface area (Å²) in [5.74, 6) is -1.44. The Balaban J connectivity index is 0.000000115. The summed E-state index contributed by atoms with van der Waals surface area (Å²) in [7, 11) is 1.42. The fraction of sp³-hybridized carbons (Fsp3) is 0.144. The van der Waals surface area contributed by atoms with Crippen LogP contribution in [0.4, 0.5) is 39.4 Å². The Bertz CT molecular complexity index is 8670. The number of anilines is 3. The Morgan fingerprint density at radius 3 is 0.815 bits per heavy atom. The van der Waals surface area contributed by atoms with Crippen molar-refractivity contribution in [2.45, 2.75) is 71.0 Å². The molecule has 10 aromatic heterocycles. The predicted octanol–water partition coefficient (Wildman–Crippen LogP) is 22.4. The Labute approximate surface area is 854 Å². The number of nitrogens with zero attached hydrogens (tertiary/aromatic N) is 16. The van der Waals surface area contributed by atoms with E-state index < -0.39 is 29.7 Å². The highest BCUT2D eigenvalue weighted by Gasteiger charge is 2.28. The maximum absolute atomic E-state index is 15.0. The summed E-state index contributed by atoms with van der Waals surface area (Å²) in [4.78, 5) is 86.8. The zero-order chi connectivity index (χ0) is 101. The SMILES string of the molecule is COc1ccc(-c2nn(Cc3ccc(Cl)cc3)c(=O)c3ccccc23)c(F)n1.Cc1ccc(-c2nn(Cc3ccc(Cl)cc3)c(=O)c3ccccc23)c(F)n1.O=c1c2ccccc2c(-c2ccc(N3CCC3)nc2F)nn1Cc1ccc(Cl)cc1.O=c1c2ccccc2c(-c2ccc(NC3CC3)nc2F)nn1Cc1ccc(Cl)cc1.O=c1c2ccccc2c(-c2ccc(NC3COC3)nc2F)nn1Cc1ccc(Cl)cc1. The smallest absolute Gasteiger partial charge is 0.274 e. The lowest BCUT2D eigenvalue weighted by molar-refractivity contribution is 0.0209. The van der Waals surface area contributed by atoms with Gasteiger partial charge < -0.3 is 25.0 Å². The molecule has 0 atom stereocenters. The van der Waals surface area contributed by atoms with Crippen molar-refractivity contribution in [2.75, 3.05) is 48.9 Å². The summed E-state index contributed by atoms with van der Waals surface area (Å²) in [6.07, 6.45) is 3.24. The molecule has 0 amide bonds. The standard InChI is InChI=1S/C23H18ClFN4O2.2C23H18ClFN4O.C21H15ClFN3O2.C21H15ClFN3O/c24-15-7-5-14(6-8-15)11-29-23(30)18-4-2-1-3-17(18)21(28-29)19-9-10-20(27-22(19)25)26-16-12-31-13-16;24-16-8-6-15(7-9-16)14-29-23(30)18-5-2-1-4-17(18)21(27-29)19-10-11-20(26-22(19)25)28-12-3-13-28;24-15-7-5-14(6-8-15)13-29-23(30)18-4-2-1-3-17(18)21(28-29)19-11-12-20(27-22(19)25)26-16-9-10-16;1-28-18-11-10-17(20(23)24-18)19-15-4-2-3-5-16(15)21(27)26(25-19)12-13-6-8-14(22)9-7-13;1-13-6-11-18(20(23)24-13)19-16-4-2-3-5-17(16)21(27)26(25-19)12-14-7-9-15(22)10-8-14/h1-10,16H,11-13H2,(H,26,27);1-2,4-11H,3,12-14H2;1-8,11-12,16H,9-10,13H2,(H,26,27);2-11H,12H2,1H3;2-11H,12H2,1H3. The van der Waals surface area contributed by atoms with E-state index in [-0.39, 0.29) is 100 Å². The van der Waals surface area contributed by atoms with Gasteiger partial charge in [-0.1, -0.05) is 210 Å². The molecule has 0 spiro atoms. The molecule has 35 heteroatoms. The molecular weight excluding hydrogens is 1970 g/mol. The van der Waals surface area contributed by atoms with Crippen LogP contribution in [0.15, 0.2) is 327 Å². The third-order valence-electron chi connectivity index (χ3n) is 24.5. The molecule has 2 saturated heterocycles. The first-order chi connectivity index (χ1) is 70.8. The predicted molar refractivity (Wildman–Crippen MR) is 562 cm³/mol. The summed E-state index contributed by atoms with van der Waals surface area (Å²) < 4.78 is 90.9. The molecule has 0 unspecified atom stereocenters. The van der Waals surface area contributed by atoms with Gasteiger partial charge in [0, 0.05) is 82.9 Å². The van der Waals surface area contributed by atoms with Crippen LogP contribution in [0.5, 0.6) is 5.88 Å². The van der Waals surface area contributed by atoms with Crippen LogP contribution in [0.25, 0.3) is 110 Å². The van der Waals surface area contributed by atoms with E-state index in [1.165, 1.54) is 30.5 Å². The second-order valence-corrected chi connectivity index (χ2v) is 36.8. The van der Waals surface area contributed by atoms with Crippen molar-refractivity contribution >= 4 is 129 Å². The van der Waals surface area contributed by atoms with Crippen LogP contribution in [-0.4, -0.2) is 119 Å². The maximum atomic E-state index is 15.0. The third-order valence-corrected chi connectivity index (χ3v) is 25.8. The molecule has 3 aliphatic rings. The van der Waals surface area contributed by atoms with Crippen LogP contribution in [0.1, 0.15) is 52.8 Å². The second kappa shape index (κ2) is 44.0. The largest absolute Gasteiger partial charge is 0.481 e. The molecule has 1 saturated carbocycles. The van der Waals surface area contributed by atoms with Crippen LogP contribution >= 0.6 is 58.0 Å². The molecule has 10 aromatic carbocycles. The van der Waals surface area contributed by atoms with Gasteiger partial charge in [0.25, 0.3) is 27.8 Å². The zero-order valence-electron chi connectivity index (χ0n) is 77.8. The van der Waals surface area contributed by atoms with Crippen LogP contribution in [-0.2, 0) is 37.5 Å². The normalized spacial score (nSPS) is 12.6. The van der Waals surface area contributed by atoms with E-state index in [0.717, 1.165) is 60.2 Å². The van der Waals surface area contributed by atoms with E-state index in [0.29, 0.717) is 150 Å². The molecule has 12 heterocycles. The highest BCUT2D eigenvalue weighted by atomic mass is 35.5. The molecular formula is C111H84Cl5F5N18O7. The van der Waals surface area contributed by atoms with E-state index in [4.69, 9.17) is 67.5 Å². The fourth-order valence-corrected chi connectivity index (χ4v) is 17.2. The second-order valence-electron chi connectivity index (χ2n) is 34.6. The van der Waals surface area contributed by atoms with Gasteiger partial charge in [-0.2, -0.15) is 52.4 Å². The fourth-order valence-electron chi connectivity index (χ4n) is 16.6. The maximum Gasteiger partial charge on any atom is 0.274 e. The highest BCUT2D eigenvalue weighted by Crippen LogP contribution is 2.36. The number of halogens is 10. The summed E-state index contributed by atoms with van der Waals surface area (Å²) in [6.45, 7) is 5.90. The Morgan fingerprint density at radius 2 is 0.568 bits per heavy atom. The van der Waals surface area contributed by atoms with E-state index in [1.54, 1.807) is 231 Å². The zero-order valence-corrected chi connectivity index (χ0v) is 81.6. The topological polar surface area (TPSA) is 285 Å². The van der Waals surface area contributed by atoms with Crippen LogP contribution < -0.4 is 48.1 Å². The number of methoxy groups -OCH3 is 1. The van der Waals surface area contributed by atoms with E-state index in [9.17, 15) is 37.1 Å². The number of aromatic nitrogens is 15. The lowest BCUT2D eigenvalue weighted by Crippen LogP contribution is -2.40. The first-order valence-electron chi connectivity index (χ1n) is 46.3. The molecule has 0 radical (unpaired) electrons. The average molecular weight is 2050 g/mol. The molecule has 1 aliphatic carbocycles. The Kier molecular flexibility index (Phi) is 29.7. The number of nitrogens with one attached hydrogen (secondary N) is 2. The quantitative estimate of drug-likeness (QED) is 0.0499. The number of fused-ring (bicyclic) bond motifs is 5. The van der Waals surface area contributed by atoms with Gasteiger partial charge in [-0.15, -0.1) is 0 Å². The Hall–Kier alpha value is -16.1. The molecule has 3 fully saturated rings. The summed E-state index contributed by atoms with van der Waals surface area (Å²) in [5.41, 5.74) is 6.86. The molecule has 23 rings (SSSR count).